The van der Waals surface area contributed by atoms with Crippen LogP contribution < -0.4 is 5.56 Å². The third-order valence-electron chi connectivity index (χ3n) is 4.34. The van der Waals surface area contributed by atoms with Gasteiger partial charge in [0.1, 0.15) is 5.82 Å². The highest BCUT2D eigenvalue weighted by Crippen LogP contribution is 2.19. The Morgan fingerprint density at radius 3 is 2.79 bits per heavy atom. The molecule has 0 aliphatic heterocycles. The minimum Gasteiger partial charge on any atom is -0.455 e. The minimum absolute atomic E-state index is 0.0774. The summed E-state index contributed by atoms with van der Waals surface area (Å²) in [5, 5.41) is 11.1. The Bertz CT molecular complexity index is 1260. The van der Waals surface area contributed by atoms with Gasteiger partial charge in [-0.15, -0.1) is 0 Å². The second kappa shape index (κ2) is 7.63. The second-order valence-electron chi connectivity index (χ2n) is 6.36. The van der Waals surface area contributed by atoms with Gasteiger partial charge in [0.2, 0.25) is 5.82 Å². The lowest BCUT2D eigenvalue weighted by molar-refractivity contribution is -0.144. The molecule has 1 N–H and O–H groups in total. The molecule has 0 amide bonds. The van der Waals surface area contributed by atoms with Crippen LogP contribution in [0.25, 0.3) is 22.2 Å². The highest BCUT2D eigenvalue weighted by Gasteiger charge is 2.15. The molecule has 4 rings (SSSR count). The monoisotopic (exact) mass is 394 g/mol. The van der Waals surface area contributed by atoms with Crippen molar-refractivity contribution in [3.63, 3.8) is 0 Å². The van der Waals surface area contributed by atoms with Crippen LogP contribution in [0.15, 0.2) is 51.8 Å². The number of hydrogen-bond acceptors (Lipinski definition) is 7. The Kier molecular flexibility index (Phi) is 4.86. The lowest BCUT2D eigenvalue weighted by Crippen LogP contribution is -2.15. The van der Waals surface area contributed by atoms with E-state index in [4.69, 9.17) is 9.26 Å². The number of rotatable bonds is 5. The van der Waals surface area contributed by atoms with Crippen LogP contribution in [0.2, 0.25) is 0 Å². The van der Waals surface area contributed by atoms with Gasteiger partial charge in [-0.3, -0.25) is 9.59 Å². The highest BCUT2D eigenvalue weighted by atomic mass is 19.1. The van der Waals surface area contributed by atoms with Crippen molar-refractivity contribution in [1.29, 1.82) is 0 Å². The molecule has 0 saturated carbocycles. The smallest absolute Gasteiger partial charge is 0.312 e. The highest BCUT2D eigenvalue weighted by molar-refractivity contribution is 5.86. The third kappa shape index (κ3) is 3.88. The van der Waals surface area contributed by atoms with Gasteiger partial charge in [-0.25, -0.2) is 9.49 Å². The Morgan fingerprint density at radius 1 is 1.21 bits per heavy atom. The number of carbonyl (C=O) groups excluding carboxylic acids is 1. The topological polar surface area (TPSA) is 111 Å². The number of aromatic nitrogens is 4. The maximum atomic E-state index is 13.7. The molecule has 0 aliphatic rings. The van der Waals surface area contributed by atoms with E-state index in [1.807, 2.05) is 0 Å². The maximum Gasteiger partial charge on any atom is 0.312 e. The van der Waals surface area contributed by atoms with E-state index in [0.29, 0.717) is 27.6 Å². The van der Waals surface area contributed by atoms with Crippen LogP contribution in [0.3, 0.4) is 0 Å². The molecule has 2 heterocycles. The Morgan fingerprint density at radius 2 is 2.00 bits per heavy atom. The molecule has 2 aromatic heterocycles. The summed E-state index contributed by atoms with van der Waals surface area (Å²) in [4.78, 5) is 28.1. The van der Waals surface area contributed by atoms with Crippen molar-refractivity contribution >= 4 is 16.7 Å². The number of hydrogen-bond donors (Lipinski definition) is 1. The number of nitrogens with zero attached hydrogens (tertiary/aromatic N) is 3. The summed E-state index contributed by atoms with van der Waals surface area (Å²) < 4.78 is 23.9. The number of aromatic amines is 1. The maximum absolute atomic E-state index is 13.7. The lowest BCUT2D eigenvalue weighted by Gasteiger charge is -2.04. The molecule has 29 heavy (non-hydrogen) atoms. The van der Waals surface area contributed by atoms with E-state index in [0.717, 1.165) is 0 Å². The fourth-order valence-corrected chi connectivity index (χ4v) is 2.80. The van der Waals surface area contributed by atoms with Gasteiger partial charge in [0.05, 0.1) is 17.5 Å². The van der Waals surface area contributed by atoms with E-state index in [9.17, 15) is 14.0 Å². The van der Waals surface area contributed by atoms with Gasteiger partial charge < -0.3 is 9.26 Å². The first-order chi connectivity index (χ1) is 14.0. The Labute approximate surface area is 163 Å². The quantitative estimate of drug-likeness (QED) is 0.518. The number of esters is 1. The first-order valence-electron chi connectivity index (χ1n) is 8.72. The van der Waals surface area contributed by atoms with E-state index < -0.39 is 5.97 Å². The second-order valence-corrected chi connectivity index (χ2v) is 6.36. The minimum atomic E-state index is -0.573. The van der Waals surface area contributed by atoms with Gasteiger partial charge in [-0.1, -0.05) is 35.5 Å². The predicted molar refractivity (Wildman–Crippen MR) is 100 cm³/mol. The van der Waals surface area contributed by atoms with E-state index in [-0.39, 0.29) is 36.1 Å². The van der Waals surface area contributed by atoms with Gasteiger partial charge in [0.25, 0.3) is 11.4 Å². The first kappa shape index (κ1) is 18.5. The molecule has 2 aromatic carbocycles. The average molecular weight is 394 g/mol. The molecular formula is C20H15FN4O4. The Hall–Kier alpha value is -3.88. The molecular weight excluding hydrogens is 379 g/mol. The standard InChI is InChI=1S/C20H15FN4O4/c1-11-6-7-12(8-15(11)21)19-22-17(29-25-19)10-28-18(26)9-16-13-4-2-3-5-14(13)20(27)24-23-16/h2-8H,9-10H2,1H3,(H,24,27). The number of H-pyrrole nitrogens is 1. The van der Waals surface area contributed by atoms with Crippen LogP contribution in [0, 0.1) is 12.7 Å². The summed E-state index contributed by atoms with van der Waals surface area (Å²) >= 11 is 0. The number of halogens is 1. The first-order valence-corrected chi connectivity index (χ1v) is 8.72. The summed E-state index contributed by atoms with van der Waals surface area (Å²) in [5.74, 6) is -0.673. The van der Waals surface area contributed by atoms with Crippen molar-refractivity contribution in [3.8, 4) is 11.4 Å². The van der Waals surface area contributed by atoms with Gasteiger partial charge in [0, 0.05) is 10.9 Å². The molecule has 0 radical (unpaired) electrons. The lowest BCUT2D eigenvalue weighted by atomic mass is 10.1. The van der Waals surface area contributed by atoms with Crippen LogP contribution in [0.5, 0.6) is 0 Å². The fourth-order valence-electron chi connectivity index (χ4n) is 2.80. The molecule has 0 spiro atoms. The molecule has 0 bridgehead atoms. The largest absolute Gasteiger partial charge is 0.455 e. The number of nitrogens with one attached hydrogen (secondary N) is 1. The van der Waals surface area contributed by atoms with E-state index in [1.54, 1.807) is 43.3 Å². The zero-order valence-corrected chi connectivity index (χ0v) is 15.3. The van der Waals surface area contributed by atoms with Crippen molar-refractivity contribution in [2.24, 2.45) is 0 Å². The normalized spacial score (nSPS) is 11.0. The number of fused-ring (bicyclic) bond motifs is 1. The van der Waals surface area contributed by atoms with Crippen LogP contribution in [-0.4, -0.2) is 26.3 Å². The molecule has 0 atom stereocenters. The van der Waals surface area contributed by atoms with Crippen molar-refractivity contribution in [2.45, 2.75) is 20.0 Å². The van der Waals surface area contributed by atoms with E-state index >= 15 is 0 Å². The van der Waals surface area contributed by atoms with Crippen molar-refractivity contribution in [1.82, 2.24) is 20.3 Å². The number of carbonyl (C=O) groups is 1. The molecule has 0 aliphatic carbocycles. The summed E-state index contributed by atoms with van der Waals surface area (Å²) in [6.07, 6.45) is -0.137. The molecule has 0 saturated heterocycles. The van der Waals surface area contributed by atoms with E-state index in [1.165, 1.54) is 6.07 Å². The fraction of sp³-hybridized carbons (Fsp3) is 0.150. The third-order valence-corrected chi connectivity index (χ3v) is 4.34. The van der Waals surface area contributed by atoms with E-state index in [2.05, 4.69) is 20.3 Å². The zero-order chi connectivity index (χ0) is 20.4. The molecule has 146 valence electrons. The van der Waals surface area contributed by atoms with Crippen molar-refractivity contribution in [3.05, 3.63) is 75.8 Å². The molecule has 0 fully saturated rings. The summed E-state index contributed by atoms with van der Waals surface area (Å²) in [6.45, 7) is 1.42. The summed E-state index contributed by atoms with van der Waals surface area (Å²) in [7, 11) is 0. The van der Waals surface area contributed by atoms with Gasteiger partial charge >= 0.3 is 5.97 Å². The number of benzene rings is 2. The van der Waals surface area contributed by atoms with Crippen molar-refractivity contribution in [2.75, 3.05) is 0 Å². The molecule has 4 aromatic rings. The zero-order valence-electron chi connectivity index (χ0n) is 15.3. The van der Waals surface area contributed by atoms with Crippen LogP contribution in [-0.2, 0) is 22.6 Å². The average Bonchev–Trinajstić information content (AvgIpc) is 3.20. The van der Waals surface area contributed by atoms with Crippen LogP contribution in [0.1, 0.15) is 17.1 Å². The van der Waals surface area contributed by atoms with Crippen molar-refractivity contribution < 1.29 is 18.4 Å². The molecule has 0 unspecified atom stereocenters. The van der Waals surface area contributed by atoms with Gasteiger partial charge in [-0.05, 0) is 24.6 Å². The Balaban J connectivity index is 1.43. The van der Waals surface area contributed by atoms with Crippen LogP contribution >= 0.6 is 0 Å². The molecule has 8 nitrogen and oxygen atoms in total. The summed E-state index contributed by atoms with van der Waals surface area (Å²) in [6, 6.07) is 11.4. The van der Waals surface area contributed by atoms with Gasteiger partial charge in [0.15, 0.2) is 6.61 Å². The predicted octanol–water partition coefficient (Wildman–Crippen LogP) is 2.71. The SMILES string of the molecule is Cc1ccc(-c2noc(COC(=O)Cc3n[nH]c(=O)c4ccccc34)n2)cc1F. The molecule has 9 heteroatoms. The summed E-state index contributed by atoms with van der Waals surface area (Å²) in [5.41, 5.74) is 1.03. The van der Waals surface area contributed by atoms with Crippen LogP contribution in [0.4, 0.5) is 4.39 Å². The van der Waals surface area contributed by atoms with Gasteiger partial charge in [-0.2, -0.15) is 10.1 Å². The number of ether oxygens (including phenoxy) is 1. The number of aryl methyl sites for hydroxylation is 1.